The average Bonchev–Trinajstić information content (AvgIpc) is 2.77. The van der Waals surface area contributed by atoms with Crippen molar-refractivity contribution in [3.8, 4) is 16.9 Å². The lowest BCUT2D eigenvalue weighted by Crippen LogP contribution is -2.46. The first-order valence-corrected chi connectivity index (χ1v) is 11.3. The summed E-state index contributed by atoms with van der Waals surface area (Å²) in [6, 6.07) is 14.6. The van der Waals surface area contributed by atoms with E-state index in [1.54, 1.807) is 14.0 Å². The maximum Gasteiger partial charge on any atom is 0.331 e. The lowest BCUT2D eigenvalue weighted by molar-refractivity contribution is -0.145. The zero-order valence-corrected chi connectivity index (χ0v) is 18.2. The van der Waals surface area contributed by atoms with Crippen molar-refractivity contribution < 1.29 is 22.7 Å². The first-order valence-electron chi connectivity index (χ1n) is 9.71. The van der Waals surface area contributed by atoms with Gasteiger partial charge in [-0.2, -0.15) is 9.52 Å². The molecule has 1 heterocycles. The fourth-order valence-electron chi connectivity index (χ4n) is 3.33. The average molecular weight is 431 g/mol. The molecule has 0 N–H and O–H groups in total. The minimum absolute atomic E-state index is 0.140. The SMILES string of the molecule is COC(=O)C1CCC(C)=NN1S(=O)(=O)CCc1ccc(-c2ccc(OC)cc2)cc1. The molecule has 0 spiro atoms. The molecular formula is C22H26N2O5S. The molecule has 7 nitrogen and oxygen atoms in total. The number of rotatable bonds is 7. The van der Waals surface area contributed by atoms with Crippen LogP contribution in [0.3, 0.4) is 0 Å². The predicted octanol–water partition coefficient (Wildman–Crippen LogP) is 3.25. The van der Waals surface area contributed by atoms with Crippen molar-refractivity contribution in [1.82, 2.24) is 4.41 Å². The zero-order valence-electron chi connectivity index (χ0n) is 17.4. The van der Waals surface area contributed by atoms with Crippen molar-refractivity contribution in [2.24, 2.45) is 5.10 Å². The van der Waals surface area contributed by atoms with Crippen LogP contribution in [0.25, 0.3) is 11.1 Å². The number of sulfonamides is 1. The minimum atomic E-state index is -3.76. The maximum absolute atomic E-state index is 12.9. The second kappa shape index (κ2) is 9.30. The Morgan fingerprint density at radius 2 is 1.67 bits per heavy atom. The summed E-state index contributed by atoms with van der Waals surface area (Å²) in [7, 11) is -0.878. The predicted molar refractivity (Wildman–Crippen MR) is 116 cm³/mol. The third-order valence-electron chi connectivity index (χ3n) is 5.10. The summed E-state index contributed by atoms with van der Waals surface area (Å²) in [4.78, 5) is 12.0. The van der Waals surface area contributed by atoms with Crippen LogP contribution in [0, 0.1) is 0 Å². The molecule has 1 aliphatic rings. The number of hydrogen-bond acceptors (Lipinski definition) is 6. The lowest BCUT2D eigenvalue weighted by atomic mass is 10.0. The molecule has 2 aromatic rings. The van der Waals surface area contributed by atoms with Crippen LogP contribution >= 0.6 is 0 Å². The quantitative estimate of drug-likeness (QED) is 0.630. The maximum atomic E-state index is 12.9. The normalized spacial score (nSPS) is 16.7. The Bertz CT molecular complexity index is 1010. The van der Waals surface area contributed by atoms with Crippen LogP contribution in [-0.4, -0.2) is 50.5 Å². The molecule has 1 atom stereocenters. The molecule has 0 fully saturated rings. The van der Waals surface area contributed by atoms with E-state index in [4.69, 9.17) is 9.47 Å². The molecule has 0 saturated heterocycles. The number of nitrogens with zero attached hydrogens (tertiary/aromatic N) is 2. The highest BCUT2D eigenvalue weighted by Crippen LogP contribution is 2.24. The molecule has 160 valence electrons. The fraction of sp³-hybridized carbons (Fsp3) is 0.364. The summed E-state index contributed by atoms with van der Waals surface area (Å²) in [5.41, 5.74) is 3.66. The van der Waals surface area contributed by atoms with Crippen LogP contribution in [0.15, 0.2) is 53.6 Å². The molecule has 0 aliphatic carbocycles. The highest BCUT2D eigenvalue weighted by molar-refractivity contribution is 7.89. The van der Waals surface area contributed by atoms with Gasteiger partial charge in [-0.1, -0.05) is 36.4 Å². The Hall–Kier alpha value is -2.87. The van der Waals surface area contributed by atoms with E-state index < -0.39 is 22.0 Å². The third-order valence-corrected chi connectivity index (χ3v) is 6.73. The number of methoxy groups -OCH3 is 2. The van der Waals surface area contributed by atoms with Gasteiger partial charge in [0.1, 0.15) is 5.75 Å². The van der Waals surface area contributed by atoms with Gasteiger partial charge < -0.3 is 9.47 Å². The highest BCUT2D eigenvalue weighted by Gasteiger charge is 2.36. The third kappa shape index (κ3) is 4.99. The van der Waals surface area contributed by atoms with Gasteiger partial charge in [0, 0.05) is 5.71 Å². The number of benzene rings is 2. The molecule has 1 aliphatic heterocycles. The number of carbonyl (C=O) groups excluding carboxylic acids is 1. The summed E-state index contributed by atoms with van der Waals surface area (Å²) in [5.74, 6) is 0.0687. The molecule has 8 heteroatoms. The van der Waals surface area contributed by atoms with Crippen molar-refractivity contribution >= 4 is 21.7 Å². The number of carbonyl (C=O) groups is 1. The summed E-state index contributed by atoms with van der Waals surface area (Å²) in [5, 5.41) is 4.14. The van der Waals surface area contributed by atoms with E-state index >= 15 is 0 Å². The van der Waals surface area contributed by atoms with Crippen LogP contribution in [0.2, 0.25) is 0 Å². The molecule has 0 bridgehead atoms. The molecule has 0 amide bonds. The van der Waals surface area contributed by atoms with Crippen LogP contribution in [-0.2, 0) is 26.0 Å². The Labute approximate surface area is 177 Å². The first-order chi connectivity index (χ1) is 14.3. The van der Waals surface area contributed by atoms with E-state index in [0.717, 1.165) is 26.9 Å². The van der Waals surface area contributed by atoms with Gasteiger partial charge in [-0.25, -0.2) is 13.2 Å². The van der Waals surface area contributed by atoms with Gasteiger partial charge in [0.2, 0.25) is 0 Å². The van der Waals surface area contributed by atoms with Gasteiger partial charge in [-0.15, -0.1) is 0 Å². The van der Waals surface area contributed by atoms with Gasteiger partial charge in [0.15, 0.2) is 6.04 Å². The Morgan fingerprint density at radius 3 is 2.23 bits per heavy atom. The van der Waals surface area contributed by atoms with Crippen molar-refractivity contribution in [3.63, 3.8) is 0 Å². The molecule has 30 heavy (non-hydrogen) atoms. The Morgan fingerprint density at radius 1 is 1.07 bits per heavy atom. The molecule has 0 aromatic heterocycles. The Balaban J connectivity index is 1.70. The molecule has 2 aromatic carbocycles. The van der Waals surface area contributed by atoms with Gasteiger partial charge in [0.05, 0.1) is 20.0 Å². The summed E-state index contributed by atoms with van der Waals surface area (Å²) in [6.45, 7) is 1.76. The van der Waals surface area contributed by atoms with Gasteiger partial charge in [-0.3, -0.25) is 0 Å². The largest absolute Gasteiger partial charge is 0.497 e. The van der Waals surface area contributed by atoms with Crippen LogP contribution < -0.4 is 4.74 Å². The highest BCUT2D eigenvalue weighted by atomic mass is 32.2. The monoisotopic (exact) mass is 430 g/mol. The summed E-state index contributed by atoms with van der Waals surface area (Å²) < 4.78 is 36.6. The van der Waals surface area contributed by atoms with E-state index in [1.807, 2.05) is 48.5 Å². The number of aryl methyl sites for hydroxylation is 1. The second-order valence-corrected chi connectivity index (χ2v) is 9.12. The van der Waals surface area contributed by atoms with Crippen molar-refractivity contribution in [1.29, 1.82) is 0 Å². The smallest absolute Gasteiger partial charge is 0.331 e. The molecular weight excluding hydrogens is 404 g/mol. The van der Waals surface area contributed by atoms with Crippen LogP contribution in [0.1, 0.15) is 25.3 Å². The zero-order chi connectivity index (χ0) is 21.7. The summed E-state index contributed by atoms with van der Waals surface area (Å²) >= 11 is 0. The fourth-order valence-corrected chi connectivity index (χ4v) is 4.86. The van der Waals surface area contributed by atoms with Gasteiger partial charge in [0.25, 0.3) is 10.0 Å². The Kier molecular flexibility index (Phi) is 6.77. The van der Waals surface area contributed by atoms with E-state index in [9.17, 15) is 13.2 Å². The molecule has 0 saturated carbocycles. The number of ether oxygens (including phenoxy) is 2. The molecule has 3 rings (SSSR count). The number of esters is 1. The van der Waals surface area contributed by atoms with E-state index in [2.05, 4.69) is 5.10 Å². The number of hydrazone groups is 1. The van der Waals surface area contributed by atoms with Crippen LogP contribution in [0.5, 0.6) is 5.75 Å². The van der Waals surface area contributed by atoms with Crippen molar-refractivity contribution in [2.45, 2.75) is 32.2 Å². The molecule has 0 radical (unpaired) electrons. The van der Waals surface area contributed by atoms with Gasteiger partial charge >= 0.3 is 5.97 Å². The van der Waals surface area contributed by atoms with E-state index in [0.29, 0.717) is 25.0 Å². The van der Waals surface area contributed by atoms with Crippen LogP contribution in [0.4, 0.5) is 0 Å². The van der Waals surface area contributed by atoms with Crippen molar-refractivity contribution in [2.75, 3.05) is 20.0 Å². The van der Waals surface area contributed by atoms with E-state index in [-0.39, 0.29) is 5.75 Å². The first kappa shape index (κ1) is 21.8. The number of hydrogen-bond donors (Lipinski definition) is 0. The minimum Gasteiger partial charge on any atom is -0.497 e. The second-order valence-electron chi connectivity index (χ2n) is 7.18. The topological polar surface area (TPSA) is 85.3 Å². The molecule has 1 unspecified atom stereocenters. The van der Waals surface area contributed by atoms with E-state index in [1.165, 1.54) is 7.11 Å². The standard InChI is InChI=1S/C22H26N2O5S/c1-16-4-13-21(22(25)29-3)24(23-16)30(26,27)15-14-17-5-7-18(8-6-17)19-9-11-20(28-2)12-10-19/h5-12,21H,4,13-15H2,1-3H3. The van der Waals surface area contributed by atoms with Gasteiger partial charge in [-0.05, 0) is 55.0 Å². The summed E-state index contributed by atoms with van der Waals surface area (Å²) in [6.07, 6.45) is 1.26. The van der Waals surface area contributed by atoms with Crippen molar-refractivity contribution in [3.05, 3.63) is 54.1 Å². The lowest BCUT2D eigenvalue weighted by Gasteiger charge is -2.30.